The highest BCUT2D eigenvalue weighted by Gasteiger charge is 2.21. The van der Waals surface area contributed by atoms with Gasteiger partial charge in [-0.25, -0.2) is 0 Å². The highest BCUT2D eigenvalue weighted by atomic mass is 35.5. The lowest BCUT2D eigenvalue weighted by atomic mass is 10.1. The number of rotatable bonds is 7. The van der Waals surface area contributed by atoms with Gasteiger partial charge in [0.15, 0.2) is 0 Å². The maximum absolute atomic E-state index is 12.3. The Bertz CT molecular complexity index is 907. The Labute approximate surface area is 186 Å². The van der Waals surface area contributed by atoms with Crippen molar-refractivity contribution >= 4 is 40.7 Å². The van der Waals surface area contributed by atoms with Crippen molar-refractivity contribution in [3.05, 3.63) is 63.6 Å². The van der Waals surface area contributed by atoms with Gasteiger partial charge in [0.05, 0.1) is 29.2 Å². The van der Waals surface area contributed by atoms with Crippen LogP contribution in [0, 0.1) is 0 Å². The number of halogens is 2. The topological polar surface area (TPSA) is 70.7 Å². The molecular formula is C22H25Cl2N3O3. The van der Waals surface area contributed by atoms with E-state index in [1.165, 1.54) is 6.92 Å². The third kappa shape index (κ3) is 6.99. The SMILES string of the molecule is CC(=O)Nc1cccc(CC(=O)NCC2CN(Cc3ccc(Cl)c(Cl)c3)CCO2)c1. The molecule has 30 heavy (non-hydrogen) atoms. The monoisotopic (exact) mass is 449 g/mol. The van der Waals surface area contributed by atoms with E-state index < -0.39 is 0 Å². The van der Waals surface area contributed by atoms with Crippen LogP contribution in [0.5, 0.6) is 0 Å². The number of ether oxygens (including phenoxy) is 1. The van der Waals surface area contributed by atoms with E-state index in [0.717, 1.165) is 30.8 Å². The number of hydrogen-bond acceptors (Lipinski definition) is 4. The van der Waals surface area contributed by atoms with Crippen LogP contribution in [0.1, 0.15) is 18.1 Å². The average molecular weight is 450 g/mol. The van der Waals surface area contributed by atoms with Gasteiger partial charge in [-0.3, -0.25) is 14.5 Å². The summed E-state index contributed by atoms with van der Waals surface area (Å²) in [4.78, 5) is 25.8. The van der Waals surface area contributed by atoms with Gasteiger partial charge in [-0.05, 0) is 35.4 Å². The molecule has 2 N–H and O–H groups in total. The minimum absolute atomic E-state index is 0.0730. The molecule has 1 unspecified atom stereocenters. The van der Waals surface area contributed by atoms with E-state index in [0.29, 0.717) is 28.9 Å². The van der Waals surface area contributed by atoms with Crippen LogP contribution < -0.4 is 10.6 Å². The first-order valence-corrected chi connectivity index (χ1v) is 10.6. The van der Waals surface area contributed by atoms with Gasteiger partial charge >= 0.3 is 0 Å². The molecule has 2 aromatic carbocycles. The first-order valence-electron chi connectivity index (χ1n) is 9.80. The standard InChI is InChI=1S/C22H25Cl2N3O3/c1-15(28)26-18-4-2-3-16(9-18)11-22(29)25-12-19-14-27(7-8-30-19)13-17-5-6-20(23)21(24)10-17/h2-6,9-10,19H,7-8,11-14H2,1H3,(H,25,29)(H,26,28). The van der Waals surface area contributed by atoms with E-state index in [9.17, 15) is 9.59 Å². The van der Waals surface area contributed by atoms with Gasteiger partial charge in [-0.2, -0.15) is 0 Å². The number of anilines is 1. The Morgan fingerprint density at radius 2 is 1.97 bits per heavy atom. The van der Waals surface area contributed by atoms with E-state index in [1.807, 2.05) is 24.3 Å². The fourth-order valence-electron chi connectivity index (χ4n) is 3.38. The van der Waals surface area contributed by atoms with Gasteiger partial charge in [0.2, 0.25) is 11.8 Å². The predicted molar refractivity (Wildman–Crippen MR) is 119 cm³/mol. The number of amides is 2. The van der Waals surface area contributed by atoms with Crippen LogP contribution in [0.4, 0.5) is 5.69 Å². The van der Waals surface area contributed by atoms with Crippen LogP contribution in [0.25, 0.3) is 0 Å². The summed E-state index contributed by atoms with van der Waals surface area (Å²) in [6, 6.07) is 12.9. The van der Waals surface area contributed by atoms with Gasteiger partial charge in [0, 0.05) is 38.8 Å². The number of morpholine rings is 1. The van der Waals surface area contributed by atoms with E-state index in [1.54, 1.807) is 18.2 Å². The lowest BCUT2D eigenvalue weighted by molar-refractivity contribution is -0.121. The molecule has 6 nitrogen and oxygen atoms in total. The number of carbonyl (C=O) groups is 2. The second kappa shape index (κ2) is 10.8. The first-order chi connectivity index (χ1) is 14.4. The fraction of sp³-hybridized carbons (Fsp3) is 0.364. The first kappa shape index (κ1) is 22.6. The number of benzene rings is 2. The number of nitrogens with one attached hydrogen (secondary N) is 2. The largest absolute Gasteiger partial charge is 0.374 e. The molecule has 0 saturated carbocycles. The van der Waals surface area contributed by atoms with E-state index in [-0.39, 0.29) is 24.3 Å². The van der Waals surface area contributed by atoms with Crippen molar-refractivity contribution in [2.24, 2.45) is 0 Å². The van der Waals surface area contributed by atoms with Gasteiger partial charge in [0.1, 0.15) is 0 Å². The molecule has 1 aliphatic heterocycles. The Kier molecular flexibility index (Phi) is 8.10. The molecule has 0 bridgehead atoms. The van der Waals surface area contributed by atoms with Crippen molar-refractivity contribution in [1.29, 1.82) is 0 Å². The Morgan fingerprint density at radius 3 is 2.73 bits per heavy atom. The van der Waals surface area contributed by atoms with Crippen molar-refractivity contribution in [2.45, 2.75) is 26.0 Å². The second-order valence-electron chi connectivity index (χ2n) is 7.34. The minimum Gasteiger partial charge on any atom is -0.374 e. The van der Waals surface area contributed by atoms with Crippen LogP contribution >= 0.6 is 23.2 Å². The zero-order valence-electron chi connectivity index (χ0n) is 16.8. The smallest absolute Gasteiger partial charge is 0.224 e. The van der Waals surface area contributed by atoms with Crippen molar-refractivity contribution in [1.82, 2.24) is 10.2 Å². The molecule has 1 saturated heterocycles. The van der Waals surface area contributed by atoms with Crippen LogP contribution in [-0.4, -0.2) is 49.1 Å². The average Bonchev–Trinajstić information content (AvgIpc) is 2.69. The molecule has 160 valence electrons. The minimum atomic E-state index is -0.142. The molecule has 1 heterocycles. The van der Waals surface area contributed by atoms with Crippen molar-refractivity contribution in [3.63, 3.8) is 0 Å². The number of nitrogens with zero attached hydrogens (tertiary/aromatic N) is 1. The maximum Gasteiger partial charge on any atom is 0.224 e. The number of hydrogen-bond donors (Lipinski definition) is 2. The number of carbonyl (C=O) groups excluding carboxylic acids is 2. The van der Waals surface area contributed by atoms with Gasteiger partial charge in [0.25, 0.3) is 0 Å². The molecule has 0 aromatic heterocycles. The predicted octanol–water partition coefficient (Wildman–Crippen LogP) is 3.51. The second-order valence-corrected chi connectivity index (χ2v) is 8.15. The summed E-state index contributed by atoms with van der Waals surface area (Å²) in [5.41, 5.74) is 2.61. The Balaban J connectivity index is 1.46. The highest BCUT2D eigenvalue weighted by Crippen LogP contribution is 2.23. The van der Waals surface area contributed by atoms with Crippen LogP contribution in [-0.2, 0) is 27.3 Å². The summed E-state index contributed by atoms with van der Waals surface area (Å²) in [7, 11) is 0. The highest BCUT2D eigenvalue weighted by molar-refractivity contribution is 6.42. The maximum atomic E-state index is 12.3. The zero-order valence-corrected chi connectivity index (χ0v) is 18.3. The fourth-order valence-corrected chi connectivity index (χ4v) is 3.70. The lowest BCUT2D eigenvalue weighted by Crippen LogP contribution is -2.47. The van der Waals surface area contributed by atoms with Crippen LogP contribution in [0.2, 0.25) is 10.0 Å². The zero-order chi connectivity index (χ0) is 21.5. The summed E-state index contributed by atoms with van der Waals surface area (Å²) in [6.45, 7) is 4.80. The van der Waals surface area contributed by atoms with Crippen molar-refractivity contribution in [2.75, 3.05) is 31.6 Å². The van der Waals surface area contributed by atoms with E-state index in [4.69, 9.17) is 27.9 Å². The molecule has 1 aliphatic rings. The van der Waals surface area contributed by atoms with Crippen molar-refractivity contribution in [3.8, 4) is 0 Å². The summed E-state index contributed by atoms with van der Waals surface area (Å²) >= 11 is 12.1. The molecule has 0 aliphatic carbocycles. The molecule has 0 radical (unpaired) electrons. The quantitative estimate of drug-likeness (QED) is 0.678. The summed E-state index contributed by atoms with van der Waals surface area (Å²) in [5, 5.41) is 6.76. The third-order valence-electron chi connectivity index (χ3n) is 4.75. The molecule has 3 rings (SSSR count). The summed E-state index contributed by atoms with van der Waals surface area (Å²) < 4.78 is 5.80. The Hall–Kier alpha value is -2.12. The lowest BCUT2D eigenvalue weighted by Gasteiger charge is -2.33. The Morgan fingerprint density at radius 1 is 1.13 bits per heavy atom. The van der Waals surface area contributed by atoms with Gasteiger partial charge < -0.3 is 15.4 Å². The molecule has 8 heteroatoms. The normalized spacial score (nSPS) is 16.8. The molecule has 1 fully saturated rings. The van der Waals surface area contributed by atoms with Crippen molar-refractivity contribution < 1.29 is 14.3 Å². The summed E-state index contributed by atoms with van der Waals surface area (Å²) in [5.74, 6) is -0.225. The van der Waals surface area contributed by atoms with Gasteiger partial charge in [-0.15, -0.1) is 0 Å². The molecular weight excluding hydrogens is 425 g/mol. The van der Waals surface area contributed by atoms with E-state index in [2.05, 4.69) is 15.5 Å². The van der Waals surface area contributed by atoms with Crippen LogP contribution in [0.3, 0.4) is 0 Å². The third-order valence-corrected chi connectivity index (χ3v) is 5.49. The molecule has 0 spiro atoms. The molecule has 2 amide bonds. The van der Waals surface area contributed by atoms with Gasteiger partial charge in [-0.1, -0.05) is 41.4 Å². The van der Waals surface area contributed by atoms with Crippen LogP contribution in [0.15, 0.2) is 42.5 Å². The van der Waals surface area contributed by atoms with E-state index >= 15 is 0 Å². The summed E-state index contributed by atoms with van der Waals surface area (Å²) in [6.07, 6.45) is 0.170. The molecule has 2 aromatic rings. The molecule has 1 atom stereocenters.